The van der Waals surface area contributed by atoms with Gasteiger partial charge in [-0.25, -0.2) is 15.0 Å². The predicted octanol–water partition coefficient (Wildman–Crippen LogP) is 3.65. The van der Waals surface area contributed by atoms with Gasteiger partial charge in [0.15, 0.2) is 16.7 Å². The Morgan fingerprint density at radius 3 is 2.53 bits per heavy atom. The van der Waals surface area contributed by atoms with Gasteiger partial charge in [0.05, 0.1) is 12.2 Å². The van der Waals surface area contributed by atoms with Crippen molar-refractivity contribution in [3.05, 3.63) is 49.9 Å². The molecule has 0 aliphatic rings. The number of hydrogen-bond donors (Lipinski definition) is 3. The summed E-state index contributed by atoms with van der Waals surface area (Å²) in [4.78, 5) is 37.2. The standard InChI is InChI=1S/C19H20Cl2N8O2S/c1-8(26-17(31)13-12(20)15(22)25-7-24-13)18-23-6-10(32-18)16(30)27-11-5-9(19(2,3)4)14(21)29-28-11/h5-8H,1-4H3,(H,26,31)(H2,22,24,25)(H,27,28,30)/t8-/m0/s1. The normalized spacial score (nSPS) is 12.3. The largest absolute Gasteiger partial charge is 0.382 e. The maximum atomic E-state index is 12.6. The van der Waals surface area contributed by atoms with Gasteiger partial charge >= 0.3 is 0 Å². The Kier molecular flexibility index (Phi) is 6.91. The highest BCUT2D eigenvalue weighted by Gasteiger charge is 2.22. The Bertz CT molecular complexity index is 1180. The third-order valence-corrected chi connectivity index (χ3v) is 6.13. The molecule has 1 atom stereocenters. The van der Waals surface area contributed by atoms with Crippen LogP contribution in [0.4, 0.5) is 11.6 Å². The first-order valence-electron chi connectivity index (χ1n) is 9.35. The zero-order valence-electron chi connectivity index (χ0n) is 17.6. The molecular weight excluding hydrogens is 475 g/mol. The minimum atomic E-state index is -0.538. The molecule has 0 unspecified atom stereocenters. The second-order valence-electron chi connectivity index (χ2n) is 7.82. The summed E-state index contributed by atoms with van der Waals surface area (Å²) in [7, 11) is 0. The van der Waals surface area contributed by atoms with Crippen LogP contribution in [0.15, 0.2) is 18.6 Å². The second-order valence-corrected chi connectivity index (χ2v) is 9.62. The van der Waals surface area contributed by atoms with Crippen LogP contribution in [0.1, 0.15) is 64.5 Å². The van der Waals surface area contributed by atoms with Gasteiger partial charge in [-0.2, -0.15) is 0 Å². The number of nitrogen functional groups attached to an aromatic ring is 1. The highest BCUT2D eigenvalue weighted by atomic mass is 35.5. The van der Waals surface area contributed by atoms with E-state index in [1.54, 1.807) is 13.0 Å². The third-order valence-electron chi connectivity index (χ3n) is 4.30. The van der Waals surface area contributed by atoms with E-state index >= 15 is 0 Å². The molecule has 0 bridgehead atoms. The van der Waals surface area contributed by atoms with Crippen molar-refractivity contribution < 1.29 is 9.59 Å². The van der Waals surface area contributed by atoms with Crippen LogP contribution in [-0.4, -0.2) is 37.0 Å². The molecule has 0 aromatic carbocycles. The molecule has 0 aliphatic heterocycles. The van der Waals surface area contributed by atoms with Crippen molar-refractivity contribution in [2.45, 2.75) is 39.2 Å². The molecule has 4 N–H and O–H groups in total. The van der Waals surface area contributed by atoms with E-state index in [1.807, 2.05) is 20.8 Å². The smallest absolute Gasteiger partial charge is 0.272 e. The number of rotatable bonds is 5. The molecule has 0 spiro atoms. The molecule has 2 amide bonds. The number of nitrogens with zero attached hydrogens (tertiary/aromatic N) is 5. The molecule has 3 heterocycles. The highest BCUT2D eigenvalue weighted by molar-refractivity contribution is 7.13. The monoisotopic (exact) mass is 494 g/mol. The molecule has 3 aromatic heterocycles. The van der Waals surface area contributed by atoms with Crippen LogP contribution in [0.3, 0.4) is 0 Å². The van der Waals surface area contributed by atoms with Gasteiger partial charge in [-0.3, -0.25) is 9.59 Å². The summed E-state index contributed by atoms with van der Waals surface area (Å²) in [6.07, 6.45) is 2.57. The van der Waals surface area contributed by atoms with Crippen molar-refractivity contribution in [2.75, 3.05) is 11.1 Å². The molecule has 3 aromatic rings. The summed E-state index contributed by atoms with van der Waals surface area (Å²) in [5.41, 5.74) is 6.05. The lowest BCUT2D eigenvalue weighted by Crippen LogP contribution is -2.28. The van der Waals surface area contributed by atoms with Crippen LogP contribution in [0, 0.1) is 0 Å². The zero-order valence-corrected chi connectivity index (χ0v) is 19.9. The lowest BCUT2D eigenvalue weighted by atomic mass is 9.88. The van der Waals surface area contributed by atoms with Crippen molar-refractivity contribution in [3.8, 4) is 0 Å². The maximum absolute atomic E-state index is 12.6. The van der Waals surface area contributed by atoms with E-state index in [0.29, 0.717) is 9.88 Å². The van der Waals surface area contributed by atoms with Gasteiger partial charge in [0.2, 0.25) is 0 Å². The minimum absolute atomic E-state index is 0.00703. The van der Waals surface area contributed by atoms with Gasteiger partial charge in [-0.15, -0.1) is 21.5 Å². The summed E-state index contributed by atoms with van der Waals surface area (Å²) >= 11 is 13.2. The van der Waals surface area contributed by atoms with Crippen molar-refractivity contribution in [2.24, 2.45) is 0 Å². The fourth-order valence-corrected chi connectivity index (χ4v) is 3.98. The number of nitrogens with two attached hydrogens (primary N) is 1. The van der Waals surface area contributed by atoms with Crippen LogP contribution in [0.5, 0.6) is 0 Å². The van der Waals surface area contributed by atoms with Gasteiger partial charge in [0.25, 0.3) is 11.8 Å². The molecule has 10 nitrogen and oxygen atoms in total. The topological polar surface area (TPSA) is 149 Å². The fraction of sp³-hybridized carbons (Fsp3) is 0.316. The lowest BCUT2D eigenvalue weighted by Gasteiger charge is -2.20. The molecule has 168 valence electrons. The molecule has 13 heteroatoms. The third kappa shape index (κ3) is 5.29. The number of hydrogen-bond acceptors (Lipinski definition) is 9. The summed E-state index contributed by atoms with van der Waals surface area (Å²) in [6.45, 7) is 7.66. The second kappa shape index (κ2) is 9.31. The van der Waals surface area contributed by atoms with E-state index in [2.05, 4.69) is 35.8 Å². The van der Waals surface area contributed by atoms with E-state index in [-0.39, 0.29) is 32.9 Å². The number of nitrogens with one attached hydrogen (secondary N) is 2. The molecule has 3 rings (SSSR count). The van der Waals surface area contributed by atoms with Crippen molar-refractivity contribution in [1.29, 1.82) is 0 Å². The van der Waals surface area contributed by atoms with Crippen LogP contribution >= 0.6 is 34.5 Å². The number of thiazole rings is 1. The van der Waals surface area contributed by atoms with E-state index < -0.39 is 17.9 Å². The van der Waals surface area contributed by atoms with Gasteiger partial charge in [0.1, 0.15) is 27.1 Å². The quantitative estimate of drug-likeness (QED) is 0.486. The molecule has 32 heavy (non-hydrogen) atoms. The lowest BCUT2D eigenvalue weighted by molar-refractivity contribution is 0.0934. The number of carbonyl (C=O) groups is 2. The van der Waals surface area contributed by atoms with Crippen LogP contribution in [0.25, 0.3) is 0 Å². The Hall–Kier alpha value is -2.89. The number of amides is 2. The molecule has 0 fully saturated rings. The maximum Gasteiger partial charge on any atom is 0.272 e. The Labute approximate surface area is 198 Å². The van der Waals surface area contributed by atoms with Crippen molar-refractivity contribution in [1.82, 2.24) is 30.5 Å². The highest BCUT2D eigenvalue weighted by Crippen LogP contribution is 2.29. The summed E-state index contributed by atoms with van der Waals surface area (Å²) < 4.78 is 0. The predicted molar refractivity (Wildman–Crippen MR) is 123 cm³/mol. The number of aromatic nitrogens is 5. The molecule has 0 aliphatic carbocycles. The van der Waals surface area contributed by atoms with Gasteiger partial charge in [0, 0.05) is 5.56 Å². The molecule has 0 saturated carbocycles. The summed E-state index contributed by atoms with van der Waals surface area (Å²) in [5.74, 6) is -0.663. The van der Waals surface area contributed by atoms with Crippen LogP contribution in [-0.2, 0) is 5.41 Å². The van der Waals surface area contributed by atoms with Crippen molar-refractivity contribution >= 4 is 58.0 Å². The van der Waals surface area contributed by atoms with E-state index in [9.17, 15) is 9.59 Å². The van der Waals surface area contributed by atoms with Gasteiger partial charge in [-0.1, -0.05) is 44.0 Å². The summed E-state index contributed by atoms with van der Waals surface area (Å²) in [5, 5.41) is 14.0. The van der Waals surface area contributed by atoms with Crippen LogP contribution in [0.2, 0.25) is 10.2 Å². The number of carbonyl (C=O) groups excluding carboxylic acids is 2. The van der Waals surface area contributed by atoms with Crippen LogP contribution < -0.4 is 16.4 Å². The first kappa shape index (κ1) is 23.8. The first-order chi connectivity index (χ1) is 15.0. The van der Waals surface area contributed by atoms with Gasteiger partial charge < -0.3 is 16.4 Å². The Morgan fingerprint density at radius 1 is 1.12 bits per heavy atom. The van der Waals surface area contributed by atoms with E-state index in [4.69, 9.17) is 28.9 Å². The van der Waals surface area contributed by atoms with E-state index in [1.165, 1.54) is 6.20 Å². The fourth-order valence-electron chi connectivity index (χ4n) is 2.60. The molecule has 0 radical (unpaired) electrons. The van der Waals surface area contributed by atoms with E-state index in [0.717, 1.165) is 23.2 Å². The minimum Gasteiger partial charge on any atom is -0.382 e. The molecular formula is C19H20Cl2N8O2S. The Balaban J connectivity index is 1.70. The number of halogens is 2. The first-order valence-corrected chi connectivity index (χ1v) is 10.9. The average Bonchev–Trinajstić information content (AvgIpc) is 3.21. The molecule has 0 saturated heterocycles. The zero-order chi connectivity index (χ0) is 23.6. The Morgan fingerprint density at radius 2 is 1.84 bits per heavy atom. The van der Waals surface area contributed by atoms with Crippen molar-refractivity contribution in [3.63, 3.8) is 0 Å². The number of anilines is 2. The average molecular weight is 495 g/mol. The van der Waals surface area contributed by atoms with Gasteiger partial charge in [-0.05, 0) is 18.4 Å². The summed E-state index contributed by atoms with van der Waals surface area (Å²) in [6, 6.07) is 1.18. The SMILES string of the molecule is C[C@H](NC(=O)c1ncnc(N)c1Cl)c1ncc(C(=O)Nc2cc(C(C)(C)C)c(Cl)nn2)s1.